The van der Waals surface area contributed by atoms with Gasteiger partial charge in [0, 0.05) is 22.0 Å². The molecule has 0 atom stereocenters. The summed E-state index contributed by atoms with van der Waals surface area (Å²) in [4.78, 5) is 5.87. The van der Waals surface area contributed by atoms with Crippen molar-refractivity contribution in [3.63, 3.8) is 0 Å². The molecule has 0 aliphatic carbocycles. The van der Waals surface area contributed by atoms with Gasteiger partial charge in [0.2, 0.25) is 0 Å². The van der Waals surface area contributed by atoms with E-state index in [9.17, 15) is 0 Å². The Hall–Kier alpha value is -2.98. The van der Waals surface area contributed by atoms with Crippen LogP contribution in [0.15, 0.2) is 65.0 Å². The largest absolute Gasteiger partial charge is 0.277 e. The van der Waals surface area contributed by atoms with Crippen LogP contribution in [0.2, 0.25) is 0 Å². The van der Waals surface area contributed by atoms with E-state index >= 15 is 0 Å². The molecule has 0 unspecified atom stereocenters. The Morgan fingerprint density at radius 3 is 2.72 bits per heavy atom. The number of aromatic nitrogens is 2. The molecule has 0 fully saturated rings. The van der Waals surface area contributed by atoms with Crippen LogP contribution in [-0.4, -0.2) is 16.4 Å². The molecule has 4 rings (SSSR count). The molecule has 2 aromatic heterocycles. The van der Waals surface area contributed by atoms with E-state index in [0.29, 0.717) is 0 Å². The van der Waals surface area contributed by atoms with Crippen molar-refractivity contribution in [1.82, 2.24) is 10.2 Å². The highest BCUT2D eigenvalue weighted by molar-refractivity contribution is 7.11. The van der Waals surface area contributed by atoms with Gasteiger partial charge in [0.15, 0.2) is 0 Å². The molecule has 2 heterocycles. The second-order valence-corrected chi connectivity index (χ2v) is 6.72. The zero-order valence-electron chi connectivity index (χ0n) is 13.8. The zero-order valence-corrected chi connectivity index (χ0v) is 14.6. The van der Waals surface area contributed by atoms with Crippen LogP contribution in [0.5, 0.6) is 0 Å². The molecule has 4 aromatic rings. The van der Waals surface area contributed by atoms with E-state index in [4.69, 9.17) is 0 Å². The van der Waals surface area contributed by atoms with Gasteiger partial charge >= 0.3 is 0 Å². The van der Waals surface area contributed by atoms with Crippen molar-refractivity contribution in [3.8, 4) is 0 Å². The summed E-state index contributed by atoms with van der Waals surface area (Å²) in [6, 6.07) is 18.4. The Morgan fingerprint density at radius 2 is 1.84 bits per heavy atom. The first-order valence-corrected chi connectivity index (χ1v) is 8.97. The number of para-hydroxylation sites is 2. The average Bonchev–Trinajstić information content (AvgIpc) is 3.25. The molecule has 1 N–H and O–H groups in total. The summed E-state index contributed by atoms with van der Waals surface area (Å²) in [5, 5.41) is 10.7. The lowest BCUT2D eigenvalue weighted by atomic mass is 10.1. The van der Waals surface area contributed by atoms with E-state index in [1.165, 1.54) is 10.4 Å². The predicted octanol–water partition coefficient (Wildman–Crippen LogP) is 5.85. The SMILES string of the molecule is Cc1ccsc1/C=N/c1ccccc1C=Cc1n[nH]c2ccccc12. The highest BCUT2D eigenvalue weighted by Crippen LogP contribution is 2.24. The maximum Gasteiger partial charge on any atom is 0.0927 e. The lowest BCUT2D eigenvalue weighted by Crippen LogP contribution is -1.80. The third-order valence-corrected chi connectivity index (χ3v) is 5.03. The molecule has 0 spiro atoms. The molecule has 122 valence electrons. The third-order valence-electron chi connectivity index (χ3n) is 4.08. The van der Waals surface area contributed by atoms with Crippen molar-refractivity contribution in [2.24, 2.45) is 4.99 Å². The molecule has 4 heteroatoms. The second-order valence-electron chi connectivity index (χ2n) is 5.77. The number of thiophene rings is 1. The number of benzene rings is 2. The van der Waals surface area contributed by atoms with E-state index in [-0.39, 0.29) is 0 Å². The topological polar surface area (TPSA) is 41.0 Å². The molecule has 0 saturated heterocycles. The minimum Gasteiger partial charge on any atom is -0.277 e. The molecule has 0 radical (unpaired) electrons. The molecular formula is C21H17N3S. The first-order chi connectivity index (χ1) is 12.3. The number of hydrogen-bond donors (Lipinski definition) is 1. The van der Waals surface area contributed by atoms with E-state index in [2.05, 4.69) is 51.8 Å². The van der Waals surface area contributed by atoms with E-state index in [1.807, 2.05) is 48.7 Å². The first kappa shape index (κ1) is 15.5. The van der Waals surface area contributed by atoms with Crippen LogP contribution in [0.4, 0.5) is 5.69 Å². The lowest BCUT2D eigenvalue weighted by Gasteiger charge is -2.00. The molecular weight excluding hydrogens is 326 g/mol. The van der Waals surface area contributed by atoms with Crippen LogP contribution >= 0.6 is 11.3 Å². The number of aromatic amines is 1. The quantitative estimate of drug-likeness (QED) is 0.464. The van der Waals surface area contributed by atoms with Gasteiger partial charge in [0.25, 0.3) is 0 Å². The number of fused-ring (bicyclic) bond motifs is 1. The molecule has 0 aliphatic heterocycles. The summed E-state index contributed by atoms with van der Waals surface area (Å²) in [6.45, 7) is 2.10. The van der Waals surface area contributed by atoms with Crippen molar-refractivity contribution >= 4 is 46.3 Å². The van der Waals surface area contributed by atoms with Crippen LogP contribution in [0.3, 0.4) is 0 Å². The summed E-state index contributed by atoms with van der Waals surface area (Å²) in [5.41, 5.74) is 5.25. The standard InChI is InChI=1S/C21H17N3S/c1-15-12-13-25-21(15)14-22-18-8-4-2-6-16(18)10-11-20-17-7-3-5-9-19(17)23-24-20/h2-14H,1H3,(H,23,24)/b11-10?,22-14+. The van der Waals surface area contributed by atoms with Crippen LogP contribution in [0.25, 0.3) is 23.1 Å². The van der Waals surface area contributed by atoms with E-state index < -0.39 is 0 Å². The summed E-state index contributed by atoms with van der Waals surface area (Å²) in [6.07, 6.45) is 6.04. The highest BCUT2D eigenvalue weighted by atomic mass is 32.1. The van der Waals surface area contributed by atoms with Crippen molar-refractivity contribution in [1.29, 1.82) is 0 Å². The molecule has 0 amide bonds. The molecule has 2 aromatic carbocycles. The maximum atomic E-state index is 4.68. The summed E-state index contributed by atoms with van der Waals surface area (Å²) in [5.74, 6) is 0. The van der Waals surface area contributed by atoms with Gasteiger partial charge < -0.3 is 0 Å². The number of nitrogens with zero attached hydrogens (tertiary/aromatic N) is 2. The van der Waals surface area contributed by atoms with Crippen molar-refractivity contribution in [3.05, 3.63) is 81.7 Å². The van der Waals surface area contributed by atoms with Gasteiger partial charge in [-0.3, -0.25) is 10.1 Å². The minimum atomic E-state index is 0.934. The number of nitrogens with one attached hydrogen (secondary N) is 1. The fraction of sp³-hybridized carbons (Fsp3) is 0.0476. The average molecular weight is 343 g/mol. The van der Waals surface area contributed by atoms with Gasteiger partial charge in [-0.2, -0.15) is 5.10 Å². The third kappa shape index (κ3) is 3.30. The Labute approximate surface area is 150 Å². The van der Waals surface area contributed by atoms with E-state index in [0.717, 1.165) is 27.8 Å². The second kappa shape index (κ2) is 6.87. The van der Waals surface area contributed by atoms with Crippen LogP contribution in [0, 0.1) is 6.92 Å². The van der Waals surface area contributed by atoms with Crippen LogP contribution < -0.4 is 0 Å². The van der Waals surface area contributed by atoms with Gasteiger partial charge in [0.05, 0.1) is 16.9 Å². The fourth-order valence-corrected chi connectivity index (χ4v) is 3.46. The summed E-state index contributed by atoms with van der Waals surface area (Å²) < 4.78 is 0. The molecule has 25 heavy (non-hydrogen) atoms. The maximum absolute atomic E-state index is 4.68. The van der Waals surface area contributed by atoms with Crippen molar-refractivity contribution < 1.29 is 0 Å². The van der Waals surface area contributed by atoms with Gasteiger partial charge in [-0.25, -0.2) is 0 Å². The van der Waals surface area contributed by atoms with E-state index in [1.54, 1.807) is 11.3 Å². The number of aryl methyl sites for hydroxylation is 1. The number of aliphatic imine (C=N–C) groups is 1. The van der Waals surface area contributed by atoms with Gasteiger partial charge in [-0.1, -0.05) is 42.5 Å². The number of H-pyrrole nitrogens is 1. The lowest BCUT2D eigenvalue weighted by molar-refractivity contribution is 1.11. The van der Waals surface area contributed by atoms with Gasteiger partial charge in [-0.05, 0) is 42.1 Å². The predicted molar refractivity (Wildman–Crippen MR) is 108 cm³/mol. The monoisotopic (exact) mass is 343 g/mol. The Bertz CT molecular complexity index is 1070. The van der Waals surface area contributed by atoms with Crippen molar-refractivity contribution in [2.45, 2.75) is 6.92 Å². The minimum absolute atomic E-state index is 0.934. The first-order valence-electron chi connectivity index (χ1n) is 8.09. The van der Waals surface area contributed by atoms with Crippen molar-refractivity contribution in [2.75, 3.05) is 0 Å². The molecule has 3 nitrogen and oxygen atoms in total. The number of rotatable bonds is 4. The molecule has 0 aliphatic rings. The Morgan fingerprint density at radius 1 is 1.00 bits per heavy atom. The Kier molecular flexibility index (Phi) is 4.27. The Balaban J connectivity index is 1.65. The summed E-state index contributed by atoms with van der Waals surface area (Å²) in [7, 11) is 0. The zero-order chi connectivity index (χ0) is 17.1. The summed E-state index contributed by atoms with van der Waals surface area (Å²) >= 11 is 1.71. The highest BCUT2D eigenvalue weighted by Gasteiger charge is 2.02. The van der Waals surface area contributed by atoms with Crippen LogP contribution in [0.1, 0.15) is 21.7 Å². The smallest absolute Gasteiger partial charge is 0.0927 e. The molecule has 0 bridgehead atoms. The fourth-order valence-electron chi connectivity index (χ4n) is 2.67. The van der Waals surface area contributed by atoms with Gasteiger partial charge in [-0.15, -0.1) is 11.3 Å². The number of hydrogen-bond acceptors (Lipinski definition) is 3. The molecule has 0 saturated carbocycles. The normalized spacial score (nSPS) is 11.9. The van der Waals surface area contributed by atoms with Crippen LogP contribution in [-0.2, 0) is 0 Å². The van der Waals surface area contributed by atoms with Gasteiger partial charge in [0.1, 0.15) is 0 Å².